The highest BCUT2D eigenvalue weighted by atomic mass is 32.2. The molecule has 0 bridgehead atoms. The first-order chi connectivity index (χ1) is 19.3. The van der Waals surface area contributed by atoms with Crippen molar-refractivity contribution in [3.63, 3.8) is 0 Å². The molecule has 2 saturated heterocycles. The Hall–Kier alpha value is -2.18. The van der Waals surface area contributed by atoms with Crippen LogP contribution >= 0.6 is 11.8 Å². The van der Waals surface area contributed by atoms with Gasteiger partial charge in [-0.1, -0.05) is 0 Å². The molecule has 1 atom stereocenters. The van der Waals surface area contributed by atoms with Gasteiger partial charge in [-0.05, 0) is 102 Å². The first-order valence-corrected chi connectivity index (χ1v) is 15.1. The summed E-state index contributed by atoms with van der Waals surface area (Å²) in [5.41, 5.74) is -1.50. The van der Waals surface area contributed by atoms with E-state index in [1.807, 2.05) is 30.8 Å². The number of anilines is 3. The van der Waals surface area contributed by atoms with E-state index < -0.39 is 36.1 Å². The van der Waals surface area contributed by atoms with E-state index in [4.69, 9.17) is 0 Å². The molecule has 1 saturated carbocycles. The van der Waals surface area contributed by atoms with Gasteiger partial charge in [-0.25, -0.2) is 13.8 Å². The maximum Gasteiger partial charge on any atom is 0.421 e. The van der Waals surface area contributed by atoms with E-state index in [1.165, 1.54) is 38.8 Å². The number of β-amino-alcohol motifs (C(OH)–C–C–N with tert-alkyl or cyclic N) is 1. The summed E-state index contributed by atoms with van der Waals surface area (Å²) in [6.07, 6.45) is -2.31. The molecule has 2 N–H and O–H groups in total. The molecule has 12 heteroatoms. The van der Waals surface area contributed by atoms with Crippen LogP contribution < -0.4 is 10.2 Å². The van der Waals surface area contributed by atoms with Crippen molar-refractivity contribution < 1.29 is 27.1 Å². The Morgan fingerprint density at radius 3 is 2.41 bits per heavy atom. The average Bonchev–Trinajstić information content (AvgIpc) is 2.89. The third kappa shape index (κ3) is 6.59. The Morgan fingerprint density at radius 2 is 1.80 bits per heavy atom. The first-order valence-electron chi connectivity index (χ1n) is 14.3. The van der Waals surface area contributed by atoms with E-state index in [2.05, 4.69) is 40.1 Å². The molecule has 226 valence electrons. The Balaban J connectivity index is 1.26. The fourth-order valence-corrected chi connectivity index (χ4v) is 8.02. The van der Waals surface area contributed by atoms with Gasteiger partial charge in [0.2, 0.25) is 5.95 Å². The number of aromatic nitrogens is 2. The normalized spacial score (nSPS) is 23.8. The van der Waals surface area contributed by atoms with E-state index in [-0.39, 0.29) is 25.3 Å². The van der Waals surface area contributed by atoms with Gasteiger partial charge in [0.05, 0.1) is 6.54 Å². The molecular formula is C29H38F5N5OS. The molecule has 2 aromatic rings. The second kappa shape index (κ2) is 11.5. The van der Waals surface area contributed by atoms with Crippen molar-refractivity contribution in [2.75, 3.05) is 36.4 Å². The lowest BCUT2D eigenvalue weighted by Gasteiger charge is -2.52. The van der Waals surface area contributed by atoms with E-state index >= 15 is 0 Å². The minimum atomic E-state index is -4.78. The standard InChI is InChI=1S/C29H38F5N5OS/c1-18(2)38-11-8-27(9-12-38)14-21(15-27)41-20-5-6-23(19(3)13-20)36-26-35-16-22(29(32,33)34)24(37-26)39-10-4-7-28(40,17-39)25(30)31/h5-6,13,16,18,21,25,40H,4,7-12,14-15,17H2,1-3H3,(H,35,36,37). The van der Waals surface area contributed by atoms with Crippen molar-refractivity contribution in [1.29, 1.82) is 0 Å². The molecule has 1 aliphatic carbocycles. The van der Waals surface area contributed by atoms with Crippen molar-refractivity contribution in [3.05, 3.63) is 35.5 Å². The van der Waals surface area contributed by atoms with Gasteiger partial charge in [0.25, 0.3) is 6.43 Å². The van der Waals surface area contributed by atoms with E-state index in [9.17, 15) is 27.1 Å². The maximum atomic E-state index is 13.8. The minimum absolute atomic E-state index is 0.0674. The highest BCUT2D eigenvalue weighted by Gasteiger charge is 2.47. The molecule has 3 fully saturated rings. The van der Waals surface area contributed by atoms with Gasteiger partial charge in [0.1, 0.15) is 17.0 Å². The van der Waals surface area contributed by atoms with Crippen LogP contribution in [0.1, 0.15) is 63.5 Å². The van der Waals surface area contributed by atoms with Gasteiger partial charge in [-0.2, -0.15) is 18.2 Å². The van der Waals surface area contributed by atoms with Crippen molar-refractivity contribution >= 4 is 29.2 Å². The summed E-state index contributed by atoms with van der Waals surface area (Å²) in [6.45, 7) is 8.19. The fraction of sp³-hybridized carbons (Fsp3) is 0.655. The Labute approximate surface area is 242 Å². The number of benzene rings is 1. The van der Waals surface area contributed by atoms with E-state index in [1.54, 1.807) is 0 Å². The number of rotatable bonds is 7. The number of alkyl halides is 5. The monoisotopic (exact) mass is 599 g/mol. The van der Waals surface area contributed by atoms with Crippen LogP contribution in [0, 0.1) is 12.3 Å². The lowest BCUT2D eigenvalue weighted by atomic mass is 9.63. The van der Waals surface area contributed by atoms with Crippen molar-refractivity contribution in [1.82, 2.24) is 14.9 Å². The number of aryl methyl sites for hydroxylation is 1. The SMILES string of the molecule is Cc1cc(SC2CC3(CCN(C(C)C)CC3)C2)ccc1Nc1ncc(C(F)(F)F)c(N2CCCC(O)(C(F)F)C2)n1. The van der Waals surface area contributed by atoms with Crippen LogP contribution in [0.5, 0.6) is 0 Å². The Kier molecular flexibility index (Phi) is 8.48. The molecule has 3 aliphatic rings. The predicted molar refractivity (Wildman–Crippen MR) is 151 cm³/mol. The molecule has 6 nitrogen and oxygen atoms in total. The van der Waals surface area contributed by atoms with Crippen molar-refractivity contribution in [3.8, 4) is 0 Å². The summed E-state index contributed by atoms with van der Waals surface area (Å²) in [4.78, 5) is 12.8. The van der Waals surface area contributed by atoms with Gasteiger partial charge in [0.15, 0.2) is 0 Å². The number of piperidine rings is 2. The summed E-state index contributed by atoms with van der Waals surface area (Å²) < 4.78 is 68.3. The zero-order valence-corrected chi connectivity index (χ0v) is 24.5. The topological polar surface area (TPSA) is 64.5 Å². The van der Waals surface area contributed by atoms with Crippen LogP contribution in [0.25, 0.3) is 0 Å². The summed E-state index contributed by atoms with van der Waals surface area (Å²) in [5, 5.41) is 13.9. The number of thioether (sulfide) groups is 1. The number of halogens is 5. The van der Waals surface area contributed by atoms with E-state index in [0.717, 1.165) is 15.4 Å². The largest absolute Gasteiger partial charge is 0.421 e. The number of hydrogen-bond donors (Lipinski definition) is 2. The molecule has 1 unspecified atom stereocenters. The zero-order chi connectivity index (χ0) is 29.6. The summed E-state index contributed by atoms with van der Waals surface area (Å²) in [5.74, 6) is -0.590. The third-order valence-electron chi connectivity index (χ3n) is 8.94. The highest BCUT2D eigenvalue weighted by Crippen LogP contribution is 2.55. The van der Waals surface area contributed by atoms with Gasteiger partial charge < -0.3 is 20.2 Å². The van der Waals surface area contributed by atoms with Crippen LogP contribution in [-0.4, -0.2) is 69.5 Å². The fourth-order valence-electron chi connectivity index (χ4n) is 6.37. The van der Waals surface area contributed by atoms with Gasteiger partial charge in [-0.3, -0.25) is 0 Å². The smallest absolute Gasteiger partial charge is 0.382 e. The van der Waals surface area contributed by atoms with Crippen LogP contribution in [0.15, 0.2) is 29.3 Å². The molecule has 1 aromatic carbocycles. The van der Waals surface area contributed by atoms with Gasteiger partial charge >= 0.3 is 6.18 Å². The minimum Gasteiger partial charge on any atom is -0.382 e. The summed E-state index contributed by atoms with van der Waals surface area (Å²) in [6, 6.07) is 6.51. The highest BCUT2D eigenvalue weighted by molar-refractivity contribution is 8.00. The summed E-state index contributed by atoms with van der Waals surface area (Å²) >= 11 is 1.87. The molecule has 5 rings (SSSR count). The first kappa shape index (κ1) is 30.3. The van der Waals surface area contributed by atoms with Gasteiger partial charge in [-0.15, -0.1) is 11.8 Å². The number of aliphatic hydroxyl groups is 1. The molecule has 1 spiro atoms. The molecule has 3 heterocycles. The number of nitrogens with one attached hydrogen (secondary N) is 1. The van der Waals surface area contributed by atoms with Crippen LogP contribution in [0.4, 0.5) is 39.4 Å². The average molecular weight is 600 g/mol. The molecule has 0 radical (unpaired) electrons. The van der Waals surface area contributed by atoms with Crippen LogP contribution in [-0.2, 0) is 6.18 Å². The van der Waals surface area contributed by atoms with Gasteiger partial charge in [0, 0.05) is 34.6 Å². The third-order valence-corrected chi connectivity index (χ3v) is 10.1. The quantitative estimate of drug-likeness (QED) is 0.336. The molecule has 2 aliphatic heterocycles. The van der Waals surface area contributed by atoms with Crippen molar-refractivity contribution in [2.45, 2.75) is 93.7 Å². The lowest BCUT2D eigenvalue weighted by molar-refractivity contribution is -0.138. The molecular weight excluding hydrogens is 561 g/mol. The van der Waals surface area contributed by atoms with Crippen LogP contribution in [0.2, 0.25) is 0 Å². The molecule has 41 heavy (non-hydrogen) atoms. The second-order valence-electron chi connectivity index (χ2n) is 12.2. The maximum absolute atomic E-state index is 13.8. The van der Waals surface area contributed by atoms with E-state index in [0.29, 0.717) is 28.6 Å². The second-order valence-corrected chi connectivity index (χ2v) is 13.6. The van der Waals surface area contributed by atoms with Crippen LogP contribution in [0.3, 0.4) is 0 Å². The predicted octanol–water partition coefficient (Wildman–Crippen LogP) is 6.89. The molecule has 1 aromatic heterocycles. The summed E-state index contributed by atoms with van der Waals surface area (Å²) in [7, 11) is 0. The molecule has 0 amide bonds. The lowest BCUT2D eigenvalue weighted by Crippen LogP contribution is -2.53. The number of hydrogen-bond acceptors (Lipinski definition) is 7. The number of likely N-dealkylation sites (tertiary alicyclic amines) is 1. The Morgan fingerprint density at radius 1 is 1.10 bits per heavy atom. The zero-order valence-electron chi connectivity index (χ0n) is 23.6. The van der Waals surface area contributed by atoms with Crippen molar-refractivity contribution in [2.24, 2.45) is 5.41 Å². The number of nitrogens with zero attached hydrogens (tertiary/aromatic N) is 4. The Bertz CT molecular complexity index is 1230.